The molecule has 0 spiro atoms. The van der Waals surface area contributed by atoms with Gasteiger partial charge in [-0.3, -0.25) is 0 Å². The van der Waals surface area contributed by atoms with E-state index in [9.17, 15) is 0 Å². The van der Waals surface area contributed by atoms with Gasteiger partial charge in [-0.25, -0.2) is 0 Å². The maximum absolute atomic E-state index is 5.74. The number of benzene rings is 1. The van der Waals surface area contributed by atoms with E-state index >= 15 is 0 Å². The molecule has 2 aromatic rings. The highest BCUT2D eigenvalue weighted by molar-refractivity contribution is 5.89. The predicted octanol–water partition coefficient (Wildman–Crippen LogP) is 2.43. The molecule has 0 N–H and O–H groups in total. The smallest absolute Gasteiger partial charge is 0.320 e. The normalized spacial score (nSPS) is 10.7. The van der Waals surface area contributed by atoms with Gasteiger partial charge in [0.2, 0.25) is 5.88 Å². The second-order valence-electron chi connectivity index (χ2n) is 4.04. The van der Waals surface area contributed by atoms with Gasteiger partial charge in [-0.1, -0.05) is 6.07 Å². The number of ether oxygens (including phenoxy) is 3. The number of hydrogen-bond donors (Lipinski definition) is 0. The molecule has 0 atom stereocenters. The zero-order valence-corrected chi connectivity index (χ0v) is 10.9. The molecule has 18 heavy (non-hydrogen) atoms. The molecule has 1 heterocycles. The first-order valence-corrected chi connectivity index (χ1v) is 5.71. The van der Waals surface area contributed by atoms with E-state index < -0.39 is 0 Å². The van der Waals surface area contributed by atoms with Crippen LogP contribution in [-0.2, 0) is 0 Å². The highest BCUT2D eigenvalue weighted by Crippen LogP contribution is 2.33. The molecule has 1 aromatic heterocycles. The molecule has 5 heteroatoms. The number of nitrogens with zero attached hydrogens (tertiary/aromatic N) is 2. The minimum atomic E-state index is 0.0717. The van der Waals surface area contributed by atoms with Crippen LogP contribution in [0.25, 0.3) is 10.9 Å². The van der Waals surface area contributed by atoms with E-state index in [2.05, 4.69) is 9.97 Å². The molecule has 0 radical (unpaired) electrons. The number of hydrogen-bond acceptors (Lipinski definition) is 5. The molecule has 0 amide bonds. The maximum Gasteiger partial charge on any atom is 0.320 e. The van der Waals surface area contributed by atoms with Gasteiger partial charge in [0.15, 0.2) is 0 Å². The van der Waals surface area contributed by atoms with Crippen LogP contribution >= 0.6 is 0 Å². The van der Waals surface area contributed by atoms with Crippen LogP contribution in [0.3, 0.4) is 0 Å². The molecule has 0 aliphatic carbocycles. The van der Waals surface area contributed by atoms with Crippen LogP contribution in [-0.4, -0.2) is 30.3 Å². The van der Waals surface area contributed by atoms with Crippen LogP contribution in [0, 0.1) is 0 Å². The van der Waals surface area contributed by atoms with E-state index in [4.69, 9.17) is 14.2 Å². The van der Waals surface area contributed by atoms with Gasteiger partial charge in [-0.05, 0) is 26.0 Å². The van der Waals surface area contributed by atoms with Crippen molar-refractivity contribution in [3.05, 3.63) is 18.2 Å². The van der Waals surface area contributed by atoms with Gasteiger partial charge in [0.1, 0.15) is 11.1 Å². The minimum absolute atomic E-state index is 0.0717. The number of methoxy groups -OCH3 is 2. The highest BCUT2D eigenvalue weighted by Gasteiger charge is 2.14. The SMILES string of the molecule is COc1nc(OC)c2c(OC(C)C)cccc2n1. The zero-order chi connectivity index (χ0) is 13.1. The van der Waals surface area contributed by atoms with Crippen molar-refractivity contribution >= 4 is 10.9 Å². The van der Waals surface area contributed by atoms with Crippen LogP contribution in [0.15, 0.2) is 18.2 Å². The molecule has 0 saturated carbocycles. The summed E-state index contributed by atoms with van der Waals surface area (Å²) in [5, 5.41) is 0.759. The first-order chi connectivity index (χ1) is 8.65. The molecule has 0 fully saturated rings. The van der Waals surface area contributed by atoms with Crippen LogP contribution in [0.1, 0.15) is 13.8 Å². The summed E-state index contributed by atoms with van der Waals surface area (Å²) in [5.41, 5.74) is 0.733. The third-order valence-corrected chi connectivity index (χ3v) is 2.37. The summed E-state index contributed by atoms with van der Waals surface area (Å²) in [6, 6.07) is 5.91. The summed E-state index contributed by atoms with van der Waals surface area (Å²) >= 11 is 0. The zero-order valence-electron chi connectivity index (χ0n) is 10.9. The molecule has 2 rings (SSSR count). The fourth-order valence-electron chi connectivity index (χ4n) is 1.69. The van der Waals surface area contributed by atoms with Crippen molar-refractivity contribution in [2.75, 3.05) is 14.2 Å². The van der Waals surface area contributed by atoms with Gasteiger partial charge in [-0.2, -0.15) is 9.97 Å². The first-order valence-electron chi connectivity index (χ1n) is 5.71. The van der Waals surface area contributed by atoms with Crippen molar-refractivity contribution in [2.45, 2.75) is 20.0 Å². The Morgan fingerprint density at radius 3 is 2.44 bits per heavy atom. The van der Waals surface area contributed by atoms with Gasteiger partial charge in [0.25, 0.3) is 0 Å². The van der Waals surface area contributed by atoms with Gasteiger partial charge >= 0.3 is 6.01 Å². The summed E-state index contributed by atoms with van der Waals surface area (Å²) < 4.78 is 16.1. The Kier molecular flexibility index (Phi) is 3.50. The monoisotopic (exact) mass is 248 g/mol. The summed E-state index contributed by atoms with van der Waals surface area (Å²) in [6.45, 7) is 3.94. The van der Waals surface area contributed by atoms with E-state index in [-0.39, 0.29) is 12.1 Å². The van der Waals surface area contributed by atoms with Crippen LogP contribution in [0.2, 0.25) is 0 Å². The maximum atomic E-state index is 5.74. The molecule has 0 unspecified atom stereocenters. The highest BCUT2D eigenvalue weighted by atomic mass is 16.5. The van der Waals surface area contributed by atoms with Crippen LogP contribution in [0.5, 0.6) is 17.6 Å². The molecule has 0 saturated heterocycles. The quantitative estimate of drug-likeness (QED) is 0.831. The number of fused-ring (bicyclic) bond motifs is 1. The van der Waals surface area contributed by atoms with Crippen molar-refractivity contribution in [2.24, 2.45) is 0 Å². The number of aromatic nitrogens is 2. The van der Waals surface area contributed by atoms with Crippen molar-refractivity contribution < 1.29 is 14.2 Å². The second-order valence-corrected chi connectivity index (χ2v) is 4.04. The molecular formula is C13H16N2O3. The van der Waals surface area contributed by atoms with E-state index in [1.54, 1.807) is 7.11 Å². The van der Waals surface area contributed by atoms with Crippen molar-refractivity contribution in [3.63, 3.8) is 0 Å². The average Bonchev–Trinajstić information content (AvgIpc) is 2.36. The Balaban J connectivity index is 2.66. The molecule has 0 aliphatic heterocycles. The largest absolute Gasteiger partial charge is 0.490 e. The van der Waals surface area contributed by atoms with Gasteiger partial charge in [-0.15, -0.1) is 0 Å². The fourth-order valence-corrected chi connectivity index (χ4v) is 1.69. The molecule has 96 valence electrons. The standard InChI is InChI=1S/C13H16N2O3/c1-8(2)18-10-7-5-6-9-11(10)12(16-3)15-13(14-9)17-4/h5-8H,1-4H3. The Labute approximate surface area is 106 Å². The topological polar surface area (TPSA) is 53.5 Å². The van der Waals surface area contributed by atoms with E-state index in [1.807, 2.05) is 32.0 Å². The molecule has 5 nitrogen and oxygen atoms in total. The second kappa shape index (κ2) is 5.08. The van der Waals surface area contributed by atoms with Crippen molar-refractivity contribution in [3.8, 4) is 17.6 Å². The molecular weight excluding hydrogens is 232 g/mol. The van der Waals surface area contributed by atoms with Gasteiger partial charge in [0.05, 0.1) is 25.8 Å². The lowest BCUT2D eigenvalue weighted by atomic mass is 10.2. The summed E-state index contributed by atoms with van der Waals surface area (Å²) in [7, 11) is 3.09. The van der Waals surface area contributed by atoms with Crippen molar-refractivity contribution in [1.29, 1.82) is 0 Å². The lowest BCUT2D eigenvalue weighted by Gasteiger charge is -2.14. The third kappa shape index (κ3) is 2.30. The summed E-state index contributed by atoms with van der Waals surface area (Å²) in [6.07, 6.45) is 0.0717. The van der Waals surface area contributed by atoms with Crippen LogP contribution < -0.4 is 14.2 Å². The van der Waals surface area contributed by atoms with Gasteiger partial charge in [0, 0.05) is 0 Å². The lowest BCUT2D eigenvalue weighted by molar-refractivity contribution is 0.244. The Morgan fingerprint density at radius 1 is 1.06 bits per heavy atom. The third-order valence-electron chi connectivity index (χ3n) is 2.37. The molecule has 0 aliphatic rings. The number of rotatable bonds is 4. The lowest BCUT2D eigenvalue weighted by Crippen LogP contribution is -2.07. The van der Waals surface area contributed by atoms with E-state index in [0.29, 0.717) is 11.6 Å². The fraction of sp³-hybridized carbons (Fsp3) is 0.385. The summed E-state index contributed by atoms with van der Waals surface area (Å²) in [4.78, 5) is 8.45. The predicted molar refractivity (Wildman–Crippen MR) is 68.4 cm³/mol. The van der Waals surface area contributed by atoms with E-state index in [1.165, 1.54) is 7.11 Å². The van der Waals surface area contributed by atoms with E-state index in [0.717, 1.165) is 10.9 Å². The molecule has 0 bridgehead atoms. The van der Waals surface area contributed by atoms with Gasteiger partial charge < -0.3 is 14.2 Å². The Bertz CT molecular complexity index is 555. The van der Waals surface area contributed by atoms with Crippen molar-refractivity contribution in [1.82, 2.24) is 9.97 Å². The minimum Gasteiger partial charge on any atom is -0.490 e. The Morgan fingerprint density at radius 2 is 1.83 bits per heavy atom. The van der Waals surface area contributed by atoms with Crippen LogP contribution in [0.4, 0.5) is 0 Å². The molecule has 1 aromatic carbocycles. The first kappa shape index (κ1) is 12.4. The Hall–Kier alpha value is -2.04. The summed E-state index contributed by atoms with van der Waals surface area (Å²) in [5.74, 6) is 1.16. The average molecular weight is 248 g/mol.